The number of amides is 1. The van der Waals surface area contributed by atoms with E-state index in [1.807, 2.05) is 53.9 Å². The molecule has 1 N–H and O–H groups in total. The summed E-state index contributed by atoms with van der Waals surface area (Å²) in [5.74, 6) is 0.554. The second kappa shape index (κ2) is 9.96. The van der Waals surface area contributed by atoms with Gasteiger partial charge >= 0.3 is 0 Å². The van der Waals surface area contributed by atoms with Crippen LogP contribution in [0.4, 0.5) is 5.69 Å². The summed E-state index contributed by atoms with van der Waals surface area (Å²) in [6, 6.07) is 22.3. The fraction of sp³-hybridized carbons (Fsp3) is 0.0833. The third kappa shape index (κ3) is 5.64. The summed E-state index contributed by atoms with van der Waals surface area (Å²) in [6.07, 6.45) is 0.236. The summed E-state index contributed by atoms with van der Waals surface area (Å²) < 4.78 is 5.58. The number of rotatable bonds is 7. The maximum absolute atomic E-state index is 12.3. The Kier molecular flexibility index (Phi) is 6.87. The molecule has 0 aliphatic carbocycles. The lowest BCUT2D eigenvalue weighted by atomic mass is 10.1. The number of anilines is 1. The van der Waals surface area contributed by atoms with Crippen molar-refractivity contribution >= 4 is 46.1 Å². The molecule has 0 bridgehead atoms. The van der Waals surface area contributed by atoms with Crippen LogP contribution in [0.15, 0.2) is 78.2 Å². The van der Waals surface area contributed by atoms with Gasteiger partial charge in [-0.15, -0.1) is 11.3 Å². The maximum atomic E-state index is 12.3. The number of nitrogens with zero attached hydrogens (tertiary/aromatic N) is 1. The van der Waals surface area contributed by atoms with Crippen LogP contribution >= 0.6 is 34.5 Å². The minimum atomic E-state index is -0.124. The lowest BCUT2D eigenvalue weighted by Gasteiger charge is -2.08. The van der Waals surface area contributed by atoms with Gasteiger partial charge < -0.3 is 10.1 Å². The van der Waals surface area contributed by atoms with E-state index in [9.17, 15) is 4.79 Å². The fourth-order valence-electron chi connectivity index (χ4n) is 2.94. The van der Waals surface area contributed by atoms with E-state index in [4.69, 9.17) is 32.9 Å². The van der Waals surface area contributed by atoms with Crippen LogP contribution in [0, 0.1) is 0 Å². The molecule has 0 aliphatic heterocycles. The fourth-order valence-corrected chi connectivity index (χ4v) is 4.21. The van der Waals surface area contributed by atoms with Crippen LogP contribution in [0.1, 0.15) is 6.42 Å². The van der Waals surface area contributed by atoms with Crippen LogP contribution in [0.2, 0.25) is 10.0 Å². The van der Waals surface area contributed by atoms with Gasteiger partial charge in [0.05, 0.1) is 23.7 Å². The Labute approximate surface area is 194 Å². The Morgan fingerprint density at radius 3 is 2.61 bits per heavy atom. The molecule has 31 heavy (non-hydrogen) atoms. The van der Waals surface area contributed by atoms with E-state index in [2.05, 4.69) is 5.32 Å². The number of hydrogen-bond donors (Lipinski definition) is 1. The Hall–Kier alpha value is -2.86. The number of halogens is 2. The lowest BCUT2D eigenvalue weighted by molar-refractivity contribution is -0.116. The first kappa shape index (κ1) is 21.4. The molecule has 4 rings (SSSR count). The van der Waals surface area contributed by atoms with Gasteiger partial charge in [0, 0.05) is 27.2 Å². The van der Waals surface area contributed by atoms with E-state index in [1.54, 1.807) is 24.3 Å². The van der Waals surface area contributed by atoms with E-state index >= 15 is 0 Å². The zero-order chi connectivity index (χ0) is 21.6. The molecule has 3 aromatic carbocycles. The summed E-state index contributed by atoms with van der Waals surface area (Å²) in [6.45, 7) is 0.278. The van der Waals surface area contributed by atoms with Crippen molar-refractivity contribution in [1.82, 2.24) is 4.98 Å². The van der Waals surface area contributed by atoms with Crippen molar-refractivity contribution < 1.29 is 9.53 Å². The Balaban J connectivity index is 1.38. The van der Waals surface area contributed by atoms with Crippen LogP contribution in [0.5, 0.6) is 5.75 Å². The average molecular weight is 469 g/mol. The number of thiazole rings is 1. The first-order valence-electron chi connectivity index (χ1n) is 9.57. The Morgan fingerprint density at radius 1 is 1.00 bits per heavy atom. The third-order valence-corrected chi connectivity index (χ3v) is 5.92. The topological polar surface area (TPSA) is 51.2 Å². The van der Waals surface area contributed by atoms with E-state index in [0.717, 1.165) is 21.8 Å². The van der Waals surface area contributed by atoms with Gasteiger partial charge in [-0.1, -0.05) is 53.5 Å². The number of aromatic nitrogens is 1. The normalized spacial score (nSPS) is 10.6. The molecule has 7 heteroatoms. The molecule has 0 unspecified atom stereocenters. The average Bonchev–Trinajstić information content (AvgIpc) is 3.26. The molecule has 0 fully saturated rings. The van der Waals surface area contributed by atoms with Crippen molar-refractivity contribution in [3.8, 4) is 27.6 Å². The molecule has 0 radical (unpaired) electrons. The predicted molar refractivity (Wildman–Crippen MR) is 128 cm³/mol. The zero-order valence-corrected chi connectivity index (χ0v) is 18.7. The highest BCUT2D eigenvalue weighted by molar-refractivity contribution is 7.13. The Morgan fingerprint density at radius 2 is 1.81 bits per heavy atom. The van der Waals surface area contributed by atoms with E-state index in [0.29, 0.717) is 21.5 Å². The molecule has 1 aromatic heterocycles. The van der Waals surface area contributed by atoms with E-state index < -0.39 is 0 Å². The van der Waals surface area contributed by atoms with Crippen molar-refractivity contribution in [3.63, 3.8) is 0 Å². The van der Waals surface area contributed by atoms with Crippen molar-refractivity contribution in [2.45, 2.75) is 6.42 Å². The van der Waals surface area contributed by atoms with Crippen molar-refractivity contribution in [2.75, 3.05) is 11.9 Å². The molecule has 4 aromatic rings. The molecule has 0 atom stereocenters. The van der Waals surface area contributed by atoms with Crippen LogP contribution in [-0.2, 0) is 4.79 Å². The molecule has 0 spiro atoms. The summed E-state index contributed by atoms with van der Waals surface area (Å²) >= 11 is 13.7. The van der Waals surface area contributed by atoms with Gasteiger partial charge in [0.15, 0.2) is 0 Å². The molecule has 0 aliphatic rings. The lowest BCUT2D eigenvalue weighted by Crippen LogP contribution is -2.15. The van der Waals surface area contributed by atoms with Gasteiger partial charge in [0.25, 0.3) is 0 Å². The molecule has 0 saturated heterocycles. The Bertz CT molecular complexity index is 1190. The van der Waals surface area contributed by atoms with Gasteiger partial charge in [-0.25, -0.2) is 4.98 Å². The molecule has 4 nitrogen and oxygen atoms in total. The van der Waals surface area contributed by atoms with Gasteiger partial charge in [-0.2, -0.15) is 0 Å². The minimum Gasteiger partial charge on any atom is -0.493 e. The van der Waals surface area contributed by atoms with Crippen LogP contribution in [0.3, 0.4) is 0 Å². The second-order valence-electron chi connectivity index (χ2n) is 6.70. The van der Waals surface area contributed by atoms with Gasteiger partial charge in [0.1, 0.15) is 10.8 Å². The number of nitrogens with one attached hydrogen (secondary N) is 1. The summed E-state index contributed by atoms with van der Waals surface area (Å²) in [7, 11) is 0. The standard InChI is InChI=1S/C24H18Cl2N2O2S/c25-17-8-10-19(11-9-17)30-13-12-23(29)27-18-5-3-4-16(14-18)22-15-31-24(28-22)20-6-1-2-7-21(20)26/h1-11,14-15H,12-13H2,(H,27,29). The van der Waals surface area contributed by atoms with Crippen molar-refractivity contribution in [3.05, 3.63) is 88.2 Å². The van der Waals surface area contributed by atoms with Crippen LogP contribution in [0.25, 0.3) is 21.8 Å². The van der Waals surface area contributed by atoms with Crippen molar-refractivity contribution in [2.24, 2.45) is 0 Å². The minimum absolute atomic E-state index is 0.124. The summed E-state index contributed by atoms with van der Waals surface area (Å²) in [5, 5.41) is 7.07. The van der Waals surface area contributed by atoms with Crippen LogP contribution in [-0.4, -0.2) is 17.5 Å². The monoisotopic (exact) mass is 468 g/mol. The number of ether oxygens (including phenoxy) is 1. The number of carbonyl (C=O) groups excluding carboxylic acids is 1. The molecule has 1 amide bonds. The quantitative estimate of drug-likeness (QED) is 0.312. The van der Waals surface area contributed by atoms with Gasteiger partial charge in [0.2, 0.25) is 5.91 Å². The third-order valence-electron chi connectivity index (χ3n) is 4.46. The largest absolute Gasteiger partial charge is 0.493 e. The molecular weight excluding hydrogens is 451 g/mol. The summed E-state index contributed by atoms with van der Waals surface area (Å²) in [5.41, 5.74) is 3.37. The molecule has 0 saturated carbocycles. The highest BCUT2D eigenvalue weighted by atomic mass is 35.5. The zero-order valence-electron chi connectivity index (χ0n) is 16.3. The molecule has 156 valence electrons. The van der Waals surface area contributed by atoms with E-state index in [1.165, 1.54) is 11.3 Å². The highest BCUT2D eigenvalue weighted by Gasteiger charge is 2.10. The number of carbonyl (C=O) groups is 1. The first-order chi connectivity index (χ1) is 15.1. The predicted octanol–water partition coefficient (Wildman–Crippen LogP) is 7.19. The SMILES string of the molecule is O=C(CCOc1ccc(Cl)cc1)Nc1cccc(-c2csc(-c3ccccc3Cl)n2)c1. The second-order valence-corrected chi connectivity index (χ2v) is 8.40. The first-order valence-corrected chi connectivity index (χ1v) is 11.2. The van der Waals surface area contributed by atoms with E-state index in [-0.39, 0.29) is 18.9 Å². The smallest absolute Gasteiger partial charge is 0.227 e. The molecular formula is C24H18Cl2N2O2S. The number of hydrogen-bond acceptors (Lipinski definition) is 4. The van der Waals surface area contributed by atoms with Crippen molar-refractivity contribution in [1.29, 1.82) is 0 Å². The molecule has 1 heterocycles. The van der Waals surface area contributed by atoms with Crippen LogP contribution < -0.4 is 10.1 Å². The summed E-state index contributed by atoms with van der Waals surface area (Å²) in [4.78, 5) is 17.0. The number of benzene rings is 3. The highest BCUT2D eigenvalue weighted by Crippen LogP contribution is 2.33. The van der Waals surface area contributed by atoms with Gasteiger partial charge in [-0.05, 0) is 42.5 Å². The van der Waals surface area contributed by atoms with Gasteiger partial charge in [-0.3, -0.25) is 4.79 Å². The maximum Gasteiger partial charge on any atom is 0.227 e.